The second kappa shape index (κ2) is 13.3. The predicted molar refractivity (Wildman–Crippen MR) is 124 cm³/mol. The summed E-state index contributed by atoms with van der Waals surface area (Å²) < 4.78 is 21.6. The van der Waals surface area contributed by atoms with Gasteiger partial charge in [0.15, 0.2) is 12.5 Å². The van der Waals surface area contributed by atoms with E-state index in [0.717, 1.165) is 34.8 Å². The van der Waals surface area contributed by atoms with Gasteiger partial charge in [0, 0.05) is 32.6 Å². The topological polar surface area (TPSA) is 175 Å². The molecule has 2 saturated heterocycles. The first-order valence-corrected chi connectivity index (χ1v) is 14.1. The number of aliphatic hydroxyl groups is 2. The average molecular weight is 525 g/mol. The standard InChI is InChI=1S/C18H33BN3O10PS/c1-3-6-20-13(23)5-4-7-21-14(24)8-12(17(21)26)34-10-30-22-16(25)11(9-31-33(2,28)29)32-15(19)18(22)27/h11-12,15-16,18,25,27H,3-10,19H2,1-2H3,(H,20,23)(H,28,29). The summed E-state index contributed by atoms with van der Waals surface area (Å²) in [5.41, 5.74) is 0. The van der Waals surface area contributed by atoms with Gasteiger partial charge in [-0.3, -0.25) is 28.7 Å². The maximum atomic E-state index is 12.6. The lowest BCUT2D eigenvalue weighted by atomic mass is 9.96. The number of rotatable bonds is 13. The van der Waals surface area contributed by atoms with E-state index in [1.54, 1.807) is 0 Å². The normalized spacial score (nSPS) is 29.9. The van der Waals surface area contributed by atoms with Crippen molar-refractivity contribution in [2.75, 3.05) is 32.3 Å². The quantitative estimate of drug-likeness (QED) is 0.0918. The van der Waals surface area contributed by atoms with Gasteiger partial charge < -0.3 is 29.7 Å². The Balaban J connectivity index is 1.82. The van der Waals surface area contributed by atoms with E-state index in [2.05, 4.69) is 5.32 Å². The zero-order chi connectivity index (χ0) is 25.5. The number of likely N-dealkylation sites (tertiary alicyclic amines) is 1. The lowest BCUT2D eigenvalue weighted by Crippen LogP contribution is -2.61. The van der Waals surface area contributed by atoms with Crippen molar-refractivity contribution in [3.63, 3.8) is 0 Å². The summed E-state index contributed by atoms with van der Waals surface area (Å²) in [6, 6.07) is -0.809. The van der Waals surface area contributed by atoms with E-state index in [1.807, 2.05) is 6.92 Å². The number of nitrogens with one attached hydrogen (secondary N) is 1. The Morgan fingerprint density at radius 1 is 1.35 bits per heavy atom. The van der Waals surface area contributed by atoms with Crippen LogP contribution in [0.5, 0.6) is 0 Å². The van der Waals surface area contributed by atoms with Gasteiger partial charge in [0.1, 0.15) is 19.9 Å². The SMILES string of the molecule is BC1OC(COP(C)(=O)O)C(O)N(OCSC2CC(=O)N(CCCC(=O)NCCC)C2=O)C1O. The number of hydrogen-bond donors (Lipinski definition) is 4. The third-order valence-corrected chi connectivity index (χ3v) is 6.81. The van der Waals surface area contributed by atoms with Gasteiger partial charge in [-0.15, -0.1) is 16.8 Å². The molecule has 2 heterocycles. The van der Waals surface area contributed by atoms with Crippen LogP contribution in [0.15, 0.2) is 0 Å². The molecule has 0 aliphatic carbocycles. The Labute approximate surface area is 203 Å². The molecular formula is C18H33BN3O10PS. The molecular weight excluding hydrogens is 492 g/mol. The van der Waals surface area contributed by atoms with Crippen molar-refractivity contribution in [2.24, 2.45) is 0 Å². The van der Waals surface area contributed by atoms with E-state index in [1.165, 1.54) is 7.85 Å². The number of hydroxylamine groups is 2. The van der Waals surface area contributed by atoms with Gasteiger partial charge in [-0.1, -0.05) is 6.92 Å². The van der Waals surface area contributed by atoms with Crippen molar-refractivity contribution < 1.29 is 48.2 Å². The van der Waals surface area contributed by atoms with Crippen LogP contribution in [0.3, 0.4) is 0 Å². The molecule has 34 heavy (non-hydrogen) atoms. The molecule has 2 aliphatic rings. The van der Waals surface area contributed by atoms with Crippen LogP contribution in [0.25, 0.3) is 0 Å². The summed E-state index contributed by atoms with van der Waals surface area (Å²) in [5.74, 6) is -0.988. The van der Waals surface area contributed by atoms with Gasteiger partial charge in [0.2, 0.25) is 17.7 Å². The molecule has 0 saturated carbocycles. The molecule has 0 aromatic carbocycles. The molecule has 2 rings (SSSR count). The van der Waals surface area contributed by atoms with Crippen LogP contribution in [0.4, 0.5) is 0 Å². The highest BCUT2D eigenvalue weighted by Crippen LogP contribution is 2.37. The van der Waals surface area contributed by atoms with Gasteiger partial charge in [0.25, 0.3) is 0 Å². The summed E-state index contributed by atoms with van der Waals surface area (Å²) >= 11 is 1.03. The third kappa shape index (κ3) is 8.57. The number of morpholine rings is 1. The molecule has 0 aromatic heterocycles. The number of nitrogens with zero attached hydrogens (tertiary/aromatic N) is 2. The van der Waals surface area contributed by atoms with E-state index in [-0.39, 0.29) is 43.0 Å². The Morgan fingerprint density at radius 2 is 2.06 bits per heavy atom. The highest BCUT2D eigenvalue weighted by Gasteiger charge is 2.43. The smallest absolute Gasteiger partial charge is 0.325 e. The van der Waals surface area contributed by atoms with E-state index in [4.69, 9.17) is 14.1 Å². The molecule has 0 aromatic rings. The summed E-state index contributed by atoms with van der Waals surface area (Å²) in [7, 11) is -2.28. The molecule has 0 bridgehead atoms. The van der Waals surface area contributed by atoms with Gasteiger partial charge in [0.05, 0.1) is 17.9 Å². The average Bonchev–Trinajstić information content (AvgIpc) is 3.03. The number of thioether (sulfide) groups is 1. The van der Waals surface area contributed by atoms with E-state index < -0.39 is 44.0 Å². The van der Waals surface area contributed by atoms with Gasteiger partial charge >= 0.3 is 7.60 Å². The Bertz CT molecular complexity index is 774. The number of carbonyl (C=O) groups excluding carboxylic acids is 3. The summed E-state index contributed by atoms with van der Waals surface area (Å²) in [5, 5.41) is 23.6. The van der Waals surface area contributed by atoms with Crippen molar-refractivity contribution in [2.45, 2.75) is 62.4 Å². The zero-order valence-corrected chi connectivity index (χ0v) is 21.2. The molecule has 2 fully saturated rings. The van der Waals surface area contributed by atoms with E-state index in [9.17, 15) is 34.1 Å². The lowest BCUT2D eigenvalue weighted by Gasteiger charge is -2.43. The fourth-order valence-corrected chi connectivity index (χ4v) is 4.68. The Kier molecular flexibility index (Phi) is 11.5. The van der Waals surface area contributed by atoms with Gasteiger partial charge in [-0.25, -0.2) is 0 Å². The summed E-state index contributed by atoms with van der Waals surface area (Å²) in [6.07, 6.45) is -2.52. The van der Waals surface area contributed by atoms with Crippen molar-refractivity contribution in [1.82, 2.24) is 15.3 Å². The predicted octanol–water partition coefficient (Wildman–Crippen LogP) is -1.83. The number of ether oxygens (including phenoxy) is 1. The molecule has 0 spiro atoms. The highest BCUT2D eigenvalue weighted by atomic mass is 32.2. The van der Waals surface area contributed by atoms with Crippen LogP contribution >= 0.6 is 19.4 Å². The summed E-state index contributed by atoms with van der Waals surface area (Å²) in [4.78, 5) is 52.4. The van der Waals surface area contributed by atoms with Crippen molar-refractivity contribution in [1.29, 1.82) is 0 Å². The van der Waals surface area contributed by atoms with Crippen molar-refractivity contribution in [3.05, 3.63) is 0 Å². The molecule has 6 atom stereocenters. The second-order valence-corrected chi connectivity index (χ2v) is 11.1. The molecule has 4 N–H and O–H groups in total. The minimum Gasteiger partial charge on any atom is -0.374 e. The van der Waals surface area contributed by atoms with Crippen molar-refractivity contribution in [3.8, 4) is 0 Å². The first-order valence-electron chi connectivity index (χ1n) is 11.0. The third-order valence-electron chi connectivity index (χ3n) is 5.17. The van der Waals surface area contributed by atoms with Gasteiger partial charge in [-0.2, -0.15) is 0 Å². The fourth-order valence-electron chi connectivity index (χ4n) is 3.38. The zero-order valence-electron chi connectivity index (χ0n) is 19.5. The highest BCUT2D eigenvalue weighted by molar-refractivity contribution is 8.00. The monoisotopic (exact) mass is 525 g/mol. The number of imide groups is 1. The maximum absolute atomic E-state index is 12.6. The molecule has 16 heteroatoms. The van der Waals surface area contributed by atoms with Crippen LogP contribution in [-0.4, -0.2) is 113 Å². The van der Waals surface area contributed by atoms with Crippen LogP contribution in [0, 0.1) is 0 Å². The van der Waals surface area contributed by atoms with E-state index in [0.29, 0.717) is 13.0 Å². The molecule has 6 unspecified atom stereocenters. The minimum atomic E-state index is -3.80. The molecule has 2 aliphatic heterocycles. The molecule has 194 valence electrons. The van der Waals surface area contributed by atoms with Crippen molar-refractivity contribution >= 4 is 44.9 Å². The minimum absolute atomic E-state index is 0.0156. The maximum Gasteiger partial charge on any atom is 0.325 e. The first kappa shape index (κ1) is 29.2. The van der Waals surface area contributed by atoms with Crippen LogP contribution in [-0.2, 0) is 33.0 Å². The van der Waals surface area contributed by atoms with Crippen LogP contribution < -0.4 is 5.32 Å². The number of hydrogen-bond acceptors (Lipinski definition) is 11. The van der Waals surface area contributed by atoms with Gasteiger partial charge in [-0.05, 0) is 12.8 Å². The van der Waals surface area contributed by atoms with E-state index >= 15 is 0 Å². The largest absolute Gasteiger partial charge is 0.374 e. The fraction of sp³-hybridized carbons (Fsp3) is 0.833. The molecule has 3 amide bonds. The molecule has 0 radical (unpaired) electrons. The Hall–Kier alpha value is -1.03. The number of amides is 3. The lowest BCUT2D eigenvalue weighted by molar-refractivity contribution is -0.360. The number of carbonyl (C=O) groups is 3. The Morgan fingerprint density at radius 3 is 2.71 bits per heavy atom. The summed E-state index contributed by atoms with van der Waals surface area (Å²) in [6.45, 7) is 3.27. The molecule has 13 nitrogen and oxygen atoms in total. The number of aliphatic hydroxyl groups excluding tert-OH is 2. The van der Waals surface area contributed by atoms with Crippen LogP contribution in [0.1, 0.15) is 32.6 Å². The van der Waals surface area contributed by atoms with Crippen LogP contribution in [0.2, 0.25) is 0 Å². The first-order chi connectivity index (χ1) is 15.9. The second-order valence-electron chi connectivity index (χ2n) is 8.11.